The smallest absolute Gasteiger partial charge is 0.325 e. The van der Waals surface area contributed by atoms with Crippen molar-refractivity contribution in [1.29, 1.82) is 0 Å². The Bertz CT molecular complexity index is 895. The number of nitrogens with zero attached hydrogens (tertiary/aromatic N) is 1. The number of aromatic amines is 2. The van der Waals surface area contributed by atoms with Crippen LogP contribution in [0.25, 0.3) is 0 Å². The Kier molecular flexibility index (Phi) is 6.48. The molecule has 1 aromatic carbocycles. The number of H-pyrrole nitrogens is 2. The molecule has 0 unspecified atom stereocenters. The number of carbonyl (C=O) groups excluding carboxylic acids is 1. The van der Waals surface area contributed by atoms with Crippen molar-refractivity contribution in [3.63, 3.8) is 0 Å². The van der Waals surface area contributed by atoms with E-state index in [1.54, 1.807) is 6.92 Å². The third-order valence-electron chi connectivity index (χ3n) is 3.50. The van der Waals surface area contributed by atoms with Gasteiger partial charge in [0.05, 0.1) is 17.9 Å². The number of amides is 1. The van der Waals surface area contributed by atoms with Crippen molar-refractivity contribution in [2.45, 2.75) is 39.7 Å². The molecule has 0 bridgehead atoms. The Morgan fingerprint density at radius 3 is 2.54 bits per heavy atom. The summed E-state index contributed by atoms with van der Waals surface area (Å²) in [4.78, 5) is 39.2. The zero-order chi connectivity index (χ0) is 19.1. The van der Waals surface area contributed by atoms with Gasteiger partial charge in [-0.2, -0.15) is 5.10 Å². The van der Waals surface area contributed by atoms with Crippen LogP contribution in [-0.4, -0.2) is 28.2 Å². The largest absolute Gasteiger partial charge is 0.491 e. The van der Waals surface area contributed by atoms with E-state index in [-0.39, 0.29) is 24.0 Å². The van der Waals surface area contributed by atoms with Crippen LogP contribution in [0.3, 0.4) is 0 Å². The van der Waals surface area contributed by atoms with Crippen molar-refractivity contribution in [2.24, 2.45) is 5.10 Å². The molecule has 2 aromatic rings. The average Bonchev–Trinajstić information content (AvgIpc) is 2.56. The van der Waals surface area contributed by atoms with E-state index in [1.807, 2.05) is 38.1 Å². The molecule has 0 aliphatic heterocycles. The second-order valence-corrected chi connectivity index (χ2v) is 6.05. The van der Waals surface area contributed by atoms with E-state index >= 15 is 0 Å². The summed E-state index contributed by atoms with van der Waals surface area (Å²) in [6, 6.07) is 7.57. The van der Waals surface area contributed by atoms with Crippen LogP contribution >= 0.6 is 0 Å². The fraction of sp³-hybridized carbons (Fsp3) is 0.333. The molecular formula is C18H22N4O4. The summed E-state index contributed by atoms with van der Waals surface area (Å²) < 4.78 is 5.57. The van der Waals surface area contributed by atoms with Gasteiger partial charge in [-0.3, -0.25) is 14.6 Å². The van der Waals surface area contributed by atoms with Gasteiger partial charge in [-0.15, -0.1) is 0 Å². The molecule has 0 fully saturated rings. The number of rotatable bonds is 7. The van der Waals surface area contributed by atoms with Gasteiger partial charge in [-0.1, -0.05) is 12.1 Å². The van der Waals surface area contributed by atoms with Gasteiger partial charge < -0.3 is 9.72 Å². The van der Waals surface area contributed by atoms with Crippen molar-refractivity contribution in [3.8, 4) is 5.75 Å². The summed E-state index contributed by atoms with van der Waals surface area (Å²) in [5, 5.41) is 3.77. The third kappa shape index (κ3) is 5.73. The predicted octanol–water partition coefficient (Wildman–Crippen LogP) is 1.24. The summed E-state index contributed by atoms with van der Waals surface area (Å²) in [6.07, 6.45) is 2.13. The normalized spacial score (nSPS) is 11.1. The first-order valence-corrected chi connectivity index (χ1v) is 8.26. The lowest BCUT2D eigenvalue weighted by atomic mass is 10.1. The fourth-order valence-corrected chi connectivity index (χ4v) is 2.25. The van der Waals surface area contributed by atoms with Crippen LogP contribution in [0.15, 0.2) is 39.0 Å². The molecule has 138 valence electrons. The first-order chi connectivity index (χ1) is 12.3. The van der Waals surface area contributed by atoms with Crippen molar-refractivity contribution in [3.05, 3.63) is 61.9 Å². The van der Waals surface area contributed by atoms with E-state index in [4.69, 9.17) is 4.74 Å². The standard InChI is InChI=1S/C18H22N4O4/c1-11(2)26-14-7-4-13(5-8-14)6-9-16(23)22-19-10-15-12(3)20-18(25)21-17(15)24/h4-5,7-8,10-11H,6,9H2,1-3H3,(H,22,23)(H2,20,21,24,25)/b19-10+. The lowest BCUT2D eigenvalue weighted by molar-refractivity contribution is -0.121. The zero-order valence-corrected chi connectivity index (χ0v) is 15.0. The maximum absolute atomic E-state index is 11.8. The minimum Gasteiger partial charge on any atom is -0.491 e. The molecule has 26 heavy (non-hydrogen) atoms. The molecule has 1 heterocycles. The van der Waals surface area contributed by atoms with E-state index in [0.717, 1.165) is 11.3 Å². The number of aromatic nitrogens is 2. The van der Waals surface area contributed by atoms with Crippen molar-refractivity contribution in [2.75, 3.05) is 0 Å². The molecule has 1 aromatic heterocycles. The Morgan fingerprint density at radius 2 is 1.92 bits per heavy atom. The molecule has 0 saturated carbocycles. The molecule has 8 nitrogen and oxygen atoms in total. The SMILES string of the molecule is Cc1[nH]c(=O)[nH]c(=O)c1/C=N/NC(=O)CCc1ccc(OC(C)C)cc1. The van der Waals surface area contributed by atoms with Gasteiger partial charge in [0.1, 0.15) is 5.75 Å². The molecule has 0 saturated heterocycles. The first-order valence-electron chi connectivity index (χ1n) is 8.26. The lowest BCUT2D eigenvalue weighted by Gasteiger charge is -2.09. The zero-order valence-electron chi connectivity index (χ0n) is 15.0. The van der Waals surface area contributed by atoms with Crippen molar-refractivity contribution in [1.82, 2.24) is 15.4 Å². The Balaban J connectivity index is 1.86. The van der Waals surface area contributed by atoms with Gasteiger partial charge in [0, 0.05) is 12.1 Å². The average molecular weight is 358 g/mol. The number of hydrogen-bond donors (Lipinski definition) is 3. The van der Waals surface area contributed by atoms with E-state index in [1.165, 1.54) is 6.21 Å². The molecule has 0 spiro atoms. The van der Waals surface area contributed by atoms with Gasteiger partial charge >= 0.3 is 5.69 Å². The Hall–Kier alpha value is -3.16. The van der Waals surface area contributed by atoms with Gasteiger partial charge in [-0.25, -0.2) is 10.2 Å². The molecule has 1 amide bonds. The van der Waals surface area contributed by atoms with E-state index < -0.39 is 11.2 Å². The molecule has 2 rings (SSSR count). The lowest BCUT2D eigenvalue weighted by Crippen LogP contribution is -2.27. The van der Waals surface area contributed by atoms with Gasteiger partial charge in [0.2, 0.25) is 5.91 Å². The summed E-state index contributed by atoms with van der Waals surface area (Å²) in [7, 11) is 0. The number of nitrogens with one attached hydrogen (secondary N) is 3. The van der Waals surface area contributed by atoms with Crippen LogP contribution in [0.1, 0.15) is 37.1 Å². The van der Waals surface area contributed by atoms with Crippen molar-refractivity contribution >= 4 is 12.1 Å². The Morgan fingerprint density at radius 1 is 1.23 bits per heavy atom. The van der Waals surface area contributed by atoms with E-state index in [0.29, 0.717) is 12.1 Å². The summed E-state index contributed by atoms with van der Waals surface area (Å²) >= 11 is 0. The van der Waals surface area contributed by atoms with Crippen LogP contribution in [0.2, 0.25) is 0 Å². The minimum absolute atomic E-state index is 0.114. The quantitative estimate of drug-likeness (QED) is 0.510. The second-order valence-electron chi connectivity index (χ2n) is 6.05. The van der Waals surface area contributed by atoms with Crippen LogP contribution in [0, 0.1) is 6.92 Å². The molecular weight excluding hydrogens is 336 g/mol. The highest BCUT2D eigenvalue weighted by atomic mass is 16.5. The number of hydrazone groups is 1. The highest BCUT2D eigenvalue weighted by Crippen LogP contribution is 2.14. The fourth-order valence-electron chi connectivity index (χ4n) is 2.25. The van der Waals surface area contributed by atoms with E-state index in [9.17, 15) is 14.4 Å². The predicted molar refractivity (Wildman–Crippen MR) is 98.7 cm³/mol. The summed E-state index contributed by atoms with van der Waals surface area (Å²) in [5.41, 5.74) is 2.79. The maximum Gasteiger partial charge on any atom is 0.325 e. The van der Waals surface area contributed by atoms with Crippen molar-refractivity contribution < 1.29 is 9.53 Å². The molecule has 0 radical (unpaired) electrons. The monoisotopic (exact) mass is 358 g/mol. The molecule has 0 atom stereocenters. The summed E-state index contributed by atoms with van der Waals surface area (Å²) in [5.74, 6) is 0.515. The first kappa shape index (κ1) is 19.2. The van der Waals surface area contributed by atoms with E-state index in [2.05, 4.69) is 20.5 Å². The summed E-state index contributed by atoms with van der Waals surface area (Å²) in [6.45, 7) is 5.49. The van der Waals surface area contributed by atoms with Crippen LogP contribution in [0.5, 0.6) is 5.75 Å². The molecule has 0 aliphatic carbocycles. The van der Waals surface area contributed by atoms with Gasteiger partial charge in [0.15, 0.2) is 0 Å². The molecule has 8 heteroatoms. The Labute approximate surface area is 150 Å². The third-order valence-corrected chi connectivity index (χ3v) is 3.50. The second kappa shape index (κ2) is 8.80. The number of hydrogen-bond acceptors (Lipinski definition) is 5. The van der Waals surface area contributed by atoms with Crippen LogP contribution in [0.4, 0.5) is 0 Å². The minimum atomic E-state index is -0.585. The van der Waals surface area contributed by atoms with Crippen LogP contribution < -0.4 is 21.4 Å². The number of ether oxygens (including phenoxy) is 1. The maximum atomic E-state index is 11.8. The number of benzene rings is 1. The van der Waals surface area contributed by atoms with Gasteiger partial charge in [-0.05, 0) is 44.9 Å². The van der Waals surface area contributed by atoms with Crippen LogP contribution in [-0.2, 0) is 11.2 Å². The highest BCUT2D eigenvalue weighted by Gasteiger charge is 2.05. The topological polar surface area (TPSA) is 116 Å². The molecule has 0 aliphatic rings. The molecule has 3 N–H and O–H groups in total. The number of aryl methyl sites for hydroxylation is 2. The van der Waals surface area contributed by atoms with Gasteiger partial charge in [0.25, 0.3) is 5.56 Å². The highest BCUT2D eigenvalue weighted by molar-refractivity contribution is 5.82. The number of carbonyl (C=O) groups is 1.